The van der Waals surface area contributed by atoms with Gasteiger partial charge in [-0.25, -0.2) is 9.78 Å². The van der Waals surface area contributed by atoms with Gasteiger partial charge in [0, 0.05) is 18.2 Å². The van der Waals surface area contributed by atoms with Crippen molar-refractivity contribution in [2.24, 2.45) is 7.05 Å². The minimum absolute atomic E-state index is 0.101. The molecule has 5 rings (SSSR count). The number of nitrogens with one attached hydrogen (secondary N) is 2. The smallest absolute Gasteiger partial charge is 0.439 e. The highest BCUT2D eigenvalue weighted by atomic mass is 35.5. The molecule has 0 radical (unpaired) electrons. The van der Waals surface area contributed by atoms with Crippen LogP contribution in [0.2, 0.25) is 5.15 Å². The zero-order valence-electron chi connectivity index (χ0n) is 20.3. The average molecular weight is 507 g/mol. The molecule has 0 spiro atoms. The van der Waals surface area contributed by atoms with Crippen LogP contribution in [0.15, 0.2) is 48.9 Å². The van der Waals surface area contributed by atoms with Gasteiger partial charge in [-0.2, -0.15) is 5.10 Å². The van der Waals surface area contributed by atoms with Crippen molar-refractivity contribution in [1.29, 1.82) is 0 Å². The molecule has 4 heterocycles. The Labute approximate surface area is 209 Å². The predicted octanol–water partition coefficient (Wildman–Crippen LogP) is 4.68. The number of hydrogen-bond donors (Lipinski definition) is 2. The third-order valence-electron chi connectivity index (χ3n) is 5.99. The van der Waals surface area contributed by atoms with Gasteiger partial charge in [0.2, 0.25) is 5.82 Å². The topological polar surface area (TPSA) is 132 Å². The molecule has 0 aliphatic carbocycles. The molecular weight excluding hydrogens is 484 g/mol. The summed E-state index contributed by atoms with van der Waals surface area (Å²) in [7, 11) is 1.81. The van der Waals surface area contributed by atoms with Crippen LogP contribution in [0.5, 0.6) is 0 Å². The molecular formula is C25H23ClN6O4. The van der Waals surface area contributed by atoms with Crippen LogP contribution in [0, 0.1) is 20.8 Å². The summed E-state index contributed by atoms with van der Waals surface area (Å²) in [4.78, 5) is 31.7. The number of benzene rings is 1. The van der Waals surface area contributed by atoms with E-state index >= 15 is 0 Å². The van der Waals surface area contributed by atoms with Gasteiger partial charge < -0.3 is 9.73 Å². The van der Waals surface area contributed by atoms with Gasteiger partial charge in [-0.05, 0) is 57.5 Å². The Kier molecular flexibility index (Phi) is 5.76. The Morgan fingerprint density at radius 3 is 2.58 bits per heavy atom. The van der Waals surface area contributed by atoms with E-state index in [2.05, 4.69) is 30.1 Å². The van der Waals surface area contributed by atoms with E-state index in [4.69, 9.17) is 16.0 Å². The number of aryl methyl sites for hydroxylation is 3. The largest absolute Gasteiger partial charge is 0.454 e. The Balaban J connectivity index is 1.66. The van der Waals surface area contributed by atoms with E-state index in [0.717, 1.165) is 22.5 Å². The summed E-state index contributed by atoms with van der Waals surface area (Å²) in [6.45, 7) is 7.51. The van der Waals surface area contributed by atoms with Crippen molar-refractivity contribution in [1.82, 2.24) is 24.9 Å². The Hall–Kier alpha value is -4.18. The standard InChI is InChI=1S/C25H23ClN6O4/c1-11-8-15(14(4)27-17-6-7-19(26)28-20(17)24-29-25(34)36-31-24)23-16(9-11)21(33)13(3)22(35-23)18-10-12(2)30-32(18)5/h6-10,14,27H,1-5H3,(H,29,31,34)/t14-/m1/s1. The van der Waals surface area contributed by atoms with Gasteiger partial charge in [-0.15, -0.1) is 0 Å². The maximum Gasteiger partial charge on any atom is 0.439 e. The summed E-state index contributed by atoms with van der Waals surface area (Å²) in [5.74, 6) is -0.0882. The summed E-state index contributed by atoms with van der Waals surface area (Å²) < 4.78 is 12.8. The van der Waals surface area contributed by atoms with Crippen LogP contribution in [0.4, 0.5) is 5.69 Å². The number of fused-ring (bicyclic) bond motifs is 1. The van der Waals surface area contributed by atoms with E-state index < -0.39 is 5.76 Å². The number of aromatic nitrogens is 5. The number of pyridine rings is 1. The minimum Gasteiger partial charge on any atom is -0.454 e. The highest BCUT2D eigenvalue weighted by Crippen LogP contribution is 2.34. The van der Waals surface area contributed by atoms with Gasteiger partial charge in [0.1, 0.15) is 22.1 Å². The van der Waals surface area contributed by atoms with Crippen molar-refractivity contribution >= 4 is 28.3 Å². The molecule has 2 N–H and O–H groups in total. The van der Waals surface area contributed by atoms with Crippen molar-refractivity contribution in [3.05, 3.63) is 78.6 Å². The van der Waals surface area contributed by atoms with Crippen LogP contribution in [0.25, 0.3) is 33.9 Å². The fraction of sp³-hybridized carbons (Fsp3) is 0.240. The second-order valence-corrected chi connectivity index (χ2v) is 9.14. The van der Waals surface area contributed by atoms with E-state index in [1.54, 1.807) is 23.7 Å². The Morgan fingerprint density at radius 1 is 1.14 bits per heavy atom. The molecule has 0 saturated heterocycles. The van der Waals surface area contributed by atoms with Crippen LogP contribution >= 0.6 is 11.6 Å². The lowest BCUT2D eigenvalue weighted by atomic mass is 9.99. The normalized spacial score (nSPS) is 12.3. The molecule has 0 saturated carbocycles. The predicted molar refractivity (Wildman–Crippen MR) is 136 cm³/mol. The first-order valence-corrected chi connectivity index (χ1v) is 11.6. The second kappa shape index (κ2) is 8.80. The molecule has 11 heteroatoms. The highest BCUT2D eigenvalue weighted by molar-refractivity contribution is 6.29. The van der Waals surface area contributed by atoms with Gasteiger partial charge in [-0.3, -0.25) is 19.0 Å². The fourth-order valence-corrected chi connectivity index (χ4v) is 4.48. The van der Waals surface area contributed by atoms with Crippen molar-refractivity contribution in [2.45, 2.75) is 33.7 Å². The molecule has 36 heavy (non-hydrogen) atoms. The van der Waals surface area contributed by atoms with E-state index in [1.807, 2.05) is 46.0 Å². The first kappa shape index (κ1) is 23.6. The summed E-state index contributed by atoms with van der Waals surface area (Å²) in [6.07, 6.45) is 0. The lowest BCUT2D eigenvalue weighted by Crippen LogP contribution is -2.13. The number of nitrogens with zero attached hydrogens (tertiary/aromatic N) is 4. The molecule has 184 valence electrons. The molecule has 0 fully saturated rings. The number of halogens is 1. The van der Waals surface area contributed by atoms with Crippen molar-refractivity contribution in [3.63, 3.8) is 0 Å². The lowest BCUT2D eigenvalue weighted by molar-refractivity contribution is 0.388. The maximum atomic E-state index is 13.4. The zero-order valence-corrected chi connectivity index (χ0v) is 21.0. The second-order valence-electron chi connectivity index (χ2n) is 8.75. The molecule has 4 aromatic heterocycles. The van der Waals surface area contributed by atoms with Crippen LogP contribution in [-0.2, 0) is 7.05 Å². The van der Waals surface area contributed by atoms with Crippen LogP contribution in [-0.4, -0.2) is 24.9 Å². The Morgan fingerprint density at radius 2 is 1.92 bits per heavy atom. The molecule has 0 aliphatic heterocycles. The van der Waals surface area contributed by atoms with Gasteiger partial charge in [0.15, 0.2) is 11.2 Å². The molecule has 1 aromatic carbocycles. The van der Waals surface area contributed by atoms with Crippen LogP contribution in [0.1, 0.15) is 35.3 Å². The molecule has 5 aromatic rings. The number of anilines is 1. The molecule has 0 unspecified atom stereocenters. The minimum atomic E-state index is -0.703. The van der Waals surface area contributed by atoms with Crippen molar-refractivity contribution in [3.8, 4) is 23.0 Å². The maximum absolute atomic E-state index is 13.4. The van der Waals surface area contributed by atoms with E-state index in [1.165, 1.54) is 0 Å². The van der Waals surface area contributed by atoms with E-state index in [0.29, 0.717) is 33.7 Å². The van der Waals surface area contributed by atoms with E-state index in [9.17, 15) is 9.59 Å². The molecule has 0 amide bonds. The Bertz CT molecular complexity index is 1750. The quantitative estimate of drug-likeness (QED) is 0.328. The van der Waals surface area contributed by atoms with Gasteiger partial charge in [0.05, 0.1) is 22.8 Å². The number of rotatable bonds is 5. The van der Waals surface area contributed by atoms with Crippen LogP contribution < -0.4 is 16.5 Å². The van der Waals surface area contributed by atoms with Crippen molar-refractivity contribution in [2.75, 3.05) is 5.32 Å². The van der Waals surface area contributed by atoms with E-state index in [-0.39, 0.29) is 22.4 Å². The molecule has 1 atom stereocenters. The summed E-state index contributed by atoms with van der Waals surface area (Å²) >= 11 is 6.10. The average Bonchev–Trinajstić information content (AvgIpc) is 3.41. The highest BCUT2D eigenvalue weighted by Gasteiger charge is 2.22. The molecule has 0 aliphatic rings. The van der Waals surface area contributed by atoms with Gasteiger partial charge in [-0.1, -0.05) is 22.8 Å². The molecule has 0 bridgehead atoms. The first-order chi connectivity index (χ1) is 17.1. The van der Waals surface area contributed by atoms with Gasteiger partial charge in [0.25, 0.3) is 0 Å². The molecule has 10 nitrogen and oxygen atoms in total. The van der Waals surface area contributed by atoms with Gasteiger partial charge >= 0.3 is 5.76 Å². The lowest BCUT2D eigenvalue weighted by Gasteiger charge is -2.20. The number of hydrogen-bond acceptors (Lipinski definition) is 8. The van der Waals surface area contributed by atoms with Crippen LogP contribution in [0.3, 0.4) is 0 Å². The summed E-state index contributed by atoms with van der Waals surface area (Å²) in [6, 6.07) is 8.71. The zero-order chi connectivity index (χ0) is 25.7. The third-order valence-corrected chi connectivity index (χ3v) is 6.20. The summed E-state index contributed by atoms with van der Waals surface area (Å²) in [5, 5.41) is 12.2. The summed E-state index contributed by atoms with van der Waals surface area (Å²) in [5.41, 5.74) is 5.00. The monoisotopic (exact) mass is 506 g/mol. The first-order valence-electron chi connectivity index (χ1n) is 11.2. The SMILES string of the molecule is Cc1cc([C@@H](C)Nc2ccc(Cl)nc2-c2noc(=O)[nH]2)c2oc(-c3cc(C)nn3C)c(C)c(=O)c2c1. The van der Waals surface area contributed by atoms with Crippen molar-refractivity contribution < 1.29 is 8.94 Å². The fourth-order valence-electron chi connectivity index (χ4n) is 4.33. The number of H-pyrrole nitrogens is 1. The number of aromatic amines is 1. The third kappa shape index (κ3) is 4.09.